The quantitative estimate of drug-likeness (QED) is 0.622. The second-order valence-corrected chi connectivity index (χ2v) is 5.41. The molecule has 1 heterocycles. The van der Waals surface area contributed by atoms with Gasteiger partial charge in [-0.15, -0.1) is 5.10 Å². The van der Waals surface area contributed by atoms with Crippen LogP contribution in [-0.2, 0) is 0 Å². The SMILES string of the molecule is CCOc1ccccc1Nc1nncc(Nc2cc(OC)ccc2OC)n1. The molecule has 0 saturated heterocycles. The van der Waals surface area contributed by atoms with Gasteiger partial charge in [0, 0.05) is 6.07 Å². The second-order valence-electron chi connectivity index (χ2n) is 5.41. The summed E-state index contributed by atoms with van der Waals surface area (Å²) >= 11 is 0. The van der Waals surface area contributed by atoms with Gasteiger partial charge in [-0.05, 0) is 31.2 Å². The molecule has 0 aliphatic rings. The van der Waals surface area contributed by atoms with Crippen molar-refractivity contribution in [2.45, 2.75) is 6.92 Å². The number of ether oxygens (including phenoxy) is 3. The van der Waals surface area contributed by atoms with Gasteiger partial charge in [0.05, 0.1) is 38.4 Å². The molecule has 0 aliphatic heterocycles. The smallest absolute Gasteiger partial charge is 0.249 e. The van der Waals surface area contributed by atoms with Crippen molar-refractivity contribution in [3.63, 3.8) is 0 Å². The molecule has 0 spiro atoms. The fourth-order valence-corrected chi connectivity index (χ4v) is 2.44. The molecule has 0 fully saturated rings. The van der Waals surface area contributed by atoms with Crippen LogP contribution in [0, 0.1) is 0 Å². The molecule has 2 aromatic carbocycles. The van der Waals surface area contributed by atoms with Crippen LogP contribution < -0.4 is 24.8 Å². The molecule has 0 radical (unpaired) electrons. The lowest BCUT2D eigenvalue weighted by Crippen LogP contribution is -2.04. The zero-order valence-corrected chi connectivity index (χ0v) is 15.4. The first-order valence-corrected chi connectivity index (χ1v) is 8.41. The Hall–Kier alpha value is -3.55. The Morgan fingerprint density at radius 1 is 0.926 bits per heavy atom. The third-order valence-corrected chi connectivity index (χ3v) is 3.66. The summed E-state index contributed by atoms with van der Waals surface area (Å²) in [7, 11) is 3.21. The number of rotatable bonds is 8. The predicted molar refractivity (Wildman–Crippen MR) is 104 cm³/mol. The molecule has 0 unspecified atom stereocenters. The summed E-state index contributed by atoms with van der Waals surface area (Å²) in [6, 6.07) is 13.0. The molecule has 8 heteroatoms. The summed E-state index contributed by atoms with van der Waals surface area (Å²) < 4.78 is 16.2. The summed E-state index contributed by atoms with van der Waals surface area (Å²) in [4.78, 5) is 4.45. The van der Waals surface area contributed by atoms with Crippen molar-refractivity contribution in [2.75, 3.05) is 31.5 Å². The van der Waals surface area contributed by atoms with Crippen LogP contribution in [0.1, 0.15) is 6.92 Å². The fraction of sp³-hybridized carbons (Fsp3) is 0.211. The van der Waals surface area contributed by atoms with Crippen molar-refractivity contribution < 1.29 is 14.2 Å². The van der Waals surface area contributed by atoms with E-state index in [1.165, 1.54) is 6.20 Å². The van der Waals surface area contributed by atoms with Crippen LogP contribution in [0.2, 0.25) is 0 Å². The van der Waals surface area contributed by atoms with E-state index in [2.05, 4.69) is 25.8 Å². The number of methoxy groups -OCH3 is 2. The van der Waals surface area contributed by atoms with E-state index in [0.717, 1.165) is 11.4 Å². The highest BCUT2D eigenvalue weighted by molar-refractivity contribution is 5.67. The van der Waals surface area contributed by atoms with Crippen molar-refractivity contribution in [1.82, 2.24) is 15.2 Å². The van der Waals surface area contributed by atoms with E-state index in [1.54, 1.807) is 14.2 Å². The zero-order valence-electron chi connectivity index (χ0n) is 15.4. The average Bonchev–Trinajstić information content (AvgIpc) is 2.70. The molecule has 0 aliphatic carbocycles. The molecular weight excluding hydrogens is 346 g/mol. The van der Waals surface area contributed by atoms with E-state index < -0.39 is 0 Å². The maximum atomic E-state index is 5.61. The van der Waals surface area contributed by atoms with Crippen molar-refractivity contribution in [3.8, 4) is 17.2 Å². The maximum Gasteiger partial charge on any atom is 0.249 e. The van der Waals surface area contributed by atoms with Crippen LogP contribution in [0.5, 0.6) is 17.2 Å². The van der Waals surface area contributed by atoms with Crippen LogP contribution >= 0.6 is 0 Å². The van der Waals surface area contributed by atoms with Crippen LogP contribution in [0.4, 0.5) is 23.1 Å². The Balaban J connectivity index is 1.83. The molecule has 8 nitrogen and oxygen atoms in total. The lowest BCUT2D eigenvalue weighted by Gasteiger charge is -2.13. The van der Waals surface area contributed by atoms with Gasteiger partial charge in [0.25, 0.3) is 0 Å². The van der Waals surface area contributed by atoms with E-state index in [-0.39, 0.29) is 0 Å². The summed E-state index contributed by atoms with van der Waals surface area (Å²) in [5.41, 5.74) is 1.47. The fourth-order valence-electron chi connectivity index (χ4n) is 2.44. The summed E-state index contributed by atoms with van der Waals surface area (Å²) in [5.74, 6) is 2.92. The Morgan fingerprint density at radius 3 is 2.56 bits per heavy atom. The van der Waals surface area contributed by atoms with Crippen molar-refractivity contribution >= 4 is 23.1 Å². The number of nitrogens with zero attached hydrogens (tertiary/aromatic N) is 3. The largest absolute Gasteiger partial charge is 0.497 e. The maximum absolute atomic E-state index is 5.61. The van der Waals surface area contributed by atoms with Gasteiger partial charge >= 0.3 is 0 Å². The molecule has 3 aromatic rings. The zero-order chi connectivity index (χ0) is 19.1. The van der Waals surface area contributed by atoms with E-state index in [4.69, 9.17) is 14.2 Å². The first-order chi connectivity index (χ1) is 13.2. The molecule has 0 bridgehead atoms. The molecule has 140 valence electrons. The van der Waals surface area contributed by atoms with Gasteiger partial charge in [0.15, 0.2) is 5.82 Å². The number of nitrogens with one attached hydrogen (secondary N) is 2. The van der Waals surface area contributed by atoms with Gasteiger partial charge in [0.2, 0.25) is 5.95 Å². The number of benzene rings is 2. The molecule has 0 amide bonds. The topological polar surface area (TPSA) is 90.4 Å². The molecule has 1 aromatic heterocycles. The van der Waals surface area contributed by atoms with Gasteiger partial charge < -0.3 is 24.8 Å². The third-order valence-electron chi connectivity index (χ3n) is 3.66. The number of aromatic nitrogens is 3. The Labute approximate surface area is 157 Å². The van der Waals surface area contributed by atoms with Crippen LogP contribution in [0.25, 0.3) is 0 Å². The van der Waals surface area contributed by atoms with Crippen LogP contribution in [-0.4, -0.2) is 36.0 Å². The van der Waals surface area contributed by atoms with E-state index in [1.807, 2.05) is 49.4 Å². The number of hydrogen-bond acceptors (Lipinski definition) is 8. The lowest BCUT2D eigenvalue weighted by atomic mass is 10.2. The normalized spacial score (nSPS) is 10.2. The average molecular weight is 367 g/mol. The molecule has 3 rings (SSSR count). The van der Waals surface area contributed by atoms with Gasteiger partial charge in [-0.25, -0.2) is 0 Å². The molecule has 2 N–H and O–H groups in total. The lowest BCUT2D eigenvalue weighted by molar-refractivity contribution is 0.342. The Kier molecular flexibility index (Phi) is 5.88. The Morgan fingerprint density at radius 2 is 1.78 bits per heavy atom. The first kappa shape index (κ1) is 18.2. The second kappa shape index (κ2) is 8.70. The minimum Gasteiger partial charge on any atom is -0.497 e. The van der Waals surface area contributed by atoms with Crippen molar-refractivity contribution in [1.29, 1.82) is 0 Å². The first-order valence-electron chi connectivity index (χ1n) is 8.41. The Bertz CT molecular complexity index is 904. The minimum atomic E-state index is 0.342. The number of para-hydroxylation sites is 2. The van der Waals surface area contributed by atoms with Gasteiger partial charge in [-0.3, -0.25) is 0 Å². The summed E-state index contributed by atoms with van der Waals surface area (Å²) in [6.07, 6.45) is 1.53. The van der Waals surface area contributed by atoms with Gasteiger partial charge in [-0.1, -0.05) is 12.1 Å². The number of anilines is 4. The molecule has 27 heavy (non-hydrogen) atoms. The predicted octanol–water partition coefficient (Wildman–Crippen LogP) is 3.77. The van der Waals surface area contributed by atoms with Crippen molar-refractivity contribution in [2.24, 2.45) is 0 Å². The number of hydrogen-bond donors (Lipinski definition) is 2. The van der Waals surface area contributed by atoms with E-state index >= 15 is 0 Å². The van der Waals surface area contributed by atoms with Gasteiger partial charge in [-0.2, -0.15) is 10.1 Å². The molecule has 0 atom stereocenters. The third kappa shape index (κ3) is 4.55. The molecular formula is C19H21N5O3. The molecule has 0 saturated carbocycles. The van der Waals surface area contributed by atoms with Crippen LogP contribution in [0.3, 0.4) is 0 Å². The highest BCUT2D eigenvalue weighted by Gasteiger charge is 2.09. The minimum absolute atomic E-state index is 0.342. The van der Waals surface area contributed by atoms with E-state index in [9.17, 15) is 0 Å². The van der Waals surface area contributed by atoms with Crippen molar-refractivity contribution in [3.05, 3.63) is 48.7 Å². The monoisotopic (exact) mass is 367 g/mol. The van der Waals surface area contributed by atoms with Gasteiger partial charge in [0.1, 0.15) is 17.2 Å². The summed E-state index contributed by atoms with van der Waals surface area (Å²) in [6.45, 7) is 2.50. The highest BCUT2D eigenvalue weighted by atomic mass is 16.5. The summed E-state index contributed by atoms with van der Waals surface area (Å²) in [5, 5.41) is 14.3. The highest BCUT2D eigenvalue weighted by Crippen LogP contribution is 2.31. The van der Waals surface area contributed by atoms with Crippen LogP contribution in [0.15, 0.2) is 48.7 Å². The van der Waals surface area contributed by atoms with E-state index in [0.29, 0.717) is 35.6 Å². The standard InChI is InChI=1S/C19H21N5O3/c1-4-27-17-8-6-5-7-14(17)22-19-23-18(12-20-24-19)21-15-11-13(25-2)9-10-16(15)26-3/h5-12H,4H2,1-3H3,(H2,21,22,23,24).